The van der Waals surface area contributed by atoms with Gasteiger partial charge in [0.05, 0.1) is 16.9 Å². The Balaban J connectivity index is 3.05. The zero-order valence-electron chi connectivity index (χ0n) is 18.3. The fourth-order valence-electron chi connectivity index (χ4n) is 4.07. The Kier molecular flexibility index (Phi) is 7.92. The summed E-state index contributed by atoms with van der Waals surface area (Å²) in [6.07, 6.45) is 4.83. The normalized spacial score (nSPS) is 24.7. The number of aliphatic hydroxyl groups excluding tert-OH is 1. The number of ether oxygens (including phenoxy) is 1. The van der Waals surface area contributed by atoms with Crippen molar-refractivity contribution in [3.05, 3.63) is 0 Å². The van der Waals surface area contributed by atoms with E-state index >= 15 is 0 Å². The van der Waals surface area contributed by atoms with Gasteiger partial charge in [0.15, 0.2) is 0 Å². The lowest BCUT2D eigenvalue weighted by molar-refractivity contribution is -0.168. The van der Waals surface area contributed by atoms with Crippen molar-refractivity contribution in [1.82, 2.24) is 0 Å². The smallest absolute Gasteiger partial charge is 0.312 e. The molecule has 0 saturated heterocycles. The maximum absolute atomic E-state index is 12.9. The number of carboxylic acids is 1. The highest BCUT2D eigenvalue weighted by molar-refractivity contribution is 5.77. The Morgan fingerprint density at radius 1 is 1.00 bits per heavy atom. The van der Waals surface area contributed by atoms with E-state index in [-0.39, 0.29) is 18.0 Å². The SMILES string of the molecule is CCC(C)(CC(CC(C)(C)C(=O)O)C1CCC(O)CC1)C(=O)OC(C)(C)C. The maximum atomic E-state index is 12.9. The van der Waals surface area contributed by atoms with E-state index in [0.29, 0.717) is 25.2 Å². The molecule has 0 aromatic carbocycles. The maximum Gasteiger partial charge on any atom is 0.312 e. The zero-order chi connectivity index (χ0) is 21.0. The van der Waals surface area contributed by atoms with Crippen LogP contribution >= 0.6 is 0 Å². The van der Waals surface area contributed by atoms with Crippen LogP contribution in [0.2, 0.25) is 0 Å². The molecule has 27 heavy (non-hydrogen) atoms. The summed E-state index contributed by atoms with van der Waals surface area (Å²) in [5, 5.41) is 19.5. The average molecular weight is 385 g/mol. The predicted molar refractivity (Wildman–Crippen MR) is 106 cm³/mol. The van der Waals surface area contributed by atoms with Crippen molar-refractivity contribution in [1.29, 1.82) is 0 Å². The zero-order valence-corrected chi connectivity index (χ0v) is 18.3. The van der Waals surface area contributed by atoms with E-state index in [1.54, 1.807) is 13.8 Å². The summed E-state index contributed by atoms with van der Waals surface area (Å²) < 4.78 is 5.68. The first-order chi connectivity index (χ1) is 12.2. The molecule has 0 spiro atoms. The number of rotatable bonds is 8. The van der Waals surface area contributed by atoms with Gasteiger partial charge in [0.1, 0.15) is 5.60 Å². The molecule has 0 aromatic heterocycles. The first kappa shape index (κ1) is 23.9. The highest BCUT2D eigenvalue weighted by Gasteiger charge is 2.43. The van der Waals surface area contributed by atoms with Gasteiger partial charge in [-0.2, -0.15) is 0 Å². The van der Waals surface area contributed by atoms with Gasteiger partial charge in [-0.1, -0.05) is 6.92 Å². The molecule has 2 N–H and O–H groups in total. The van der Waals surface area contributed by atoms with E-state index in [9.17, 15) is 19.8 Å². The lowest BCUT2D eigenvalue weighted by Crippen LogP contribution is -2.40. The molecule has 5 nitrogen and oxygen atoms in total. The Bertz CT molecular complexity index is 511. The van der Waals surface area contributed by atoms with Crippen LogP contribution in [0.1, 0.15) is 93.4 Å². The van der Waals surface area contributed by atoms with Gasteiger partial charge >= 0.3 is 11.9 Å². The van der Waals surface area contributed by atoms with Gasteiger partial charge in [0.2, 0.25) is 0 Å². The molecular weight excluding hydrogens is 344 g/mol. The quantitative estimate of drug-likeness (QED) is 0.587. The minimum atomic E-state index is -0.844. The van der Waals surface area contributed by atoms with Crippen LogP contribution in [0.15, 0.2) is 0 Å². The van der Waals surface area contributed by atoms with Crippen molar-refractivity contribution in [2.75, 3.05) is 0 Å². The van der Waals surface area contributed by atoms with Crippen molar-refractivity contribution in [2.24, 2.45) is 22.7 Å². The van der Waals surface area contributed by atoms with Gasteiger partial charge in [-0.05, 0) is 98.3 Å². The average Bonchev–Trinajstić information content (AvgIpc) is 2.52. The van der Waals surface area contributed by atoms with Gasteiger partial charge in [0, 0.05) is 0 Å². The molecule has 5 heteroatoms. The first-order valence-electron chi connectivity index (χ1n) is 10.3. The van der Waals surface area contributed by atoms with Crippen LogP contribution in [0.4, 0.5) is 0 Å². The van der Waals surface area contributed by atoms with Crippen LogP contribution in [0.25, 0.3) is 0 Å². The molecule has 0 aliphatic heterocycles. The third-order valence-corrected chi connectivity index (χ3v) is 6.14. The molecule has 158 valence electrons. The number of hydrogen-bond donors (Lipinski definition) is 2. The molecule has 0 amide bonds. The van der Waals surface area contributed by atoms with E-state index in [4.69, 9.17) is 4.74 Å². The number of hydrogen-bond acceptors (Lipinski definition) is 4. The van der Waals surface area contributed by atoms with Gasteiger partial charge in [0.25, 0.3) is 0 Å². The molecule has 1 aliphatic rings. The fraction of sp³-hybridized carbons (Fsp3) is 0.909. The van der Waals surface area contributed by atoms with Gasteiger partial charge in [-0.25, -0.2) is 0 Å². The molecule has 2 unspecified atom stereocenters. The summed E-state index contributed by atoms with van der Waals surface area (Å²) in [5.41, 5.74) is -2.02. The van der Waals surface area contributed by atoms with Crippen molar-refractivity contribution >= 4 is 11.9 Å². The van der Waals surface area contributed by atoms with E-state index in [2.05, 4.69) is 0 Å². The number of carbonyl (C=O) groups excluding carboxylic acids is 1. The number of carboxylic acid groups (broad SMARTS) is 1. The summed E-state index contributed by atoms with van der Waals surface area (Å²) in [7, 11) is 0. The Morgan fingerprint density at radius 3 is 1.93 bits per heavy atom. The lowest BCUT2D eigenvalue weighted by Gasteiger charge is -2.40. The highest BCUT2D eigenvalue weighted by Crippen LogP contribution is 2.44. The molecule has 2 atom stereocenters. The monoisotopic (exact) mass is 384 g/mol. The van der Waals surface area contributed by atoms with Gasteiger partial charge in [-0.15, -0.1) is 0 Å². The summed E-state index contributed by atoms with van der Waals surface area (Å²) >= 11 is 0. The number of carbonyl (C=O) groups is 2. The minimum Gasteiger partial charge on any atom is -0.481 e. The Hall–Kier alpha value is -1.10. The number of aliphatic hydroxyl groups is 1. The third-order valence-electron chi connectivity index (χ3n) is 6.14. The molecule has 0 aromatic rings. The molecule has 1 fully saturated rings. The van der Waals surface area contributed by atoms with Crippen molar-refractivity contribution in [3.63, 3.8) is 0 Å². The molecule has 1 saturated carbocycles. The second-order valence-corrected chi connectivity index (χ2v) is 10.3. The molecule has 0 radical (unpaired) electrons. The van der Waals surface area contributed by atoms with Crippen LogP contribution in [-0.2, 0) is 14.3 Å². The van der Waals surface area contributed by atoms with Crippen molar-refractivity contribution in [3.8, 4) is 0 Å². The van der Waals surface area contributed by atoms with Crippen LogP contribution < -0.4 is 0 Å². The molecule has 0 heterocycles. The topological polar surface area (TPSA) is 83.8 Å². The standard InChI is InChI=1S/C22H40O5/c1-8-22(7,19(26)27-20(2,3)4)14-16(13-21(5,6)18(24)25)15-9-11-17(23)12-10-15/h15-17,23H,8-14H2,1-7H3,(H,24,25). The van der Waals surface area contributed by atoms with E-state index < -0.39 is 22.4 Å². The fourth-order valence-corrected chi connectivity index (χ4v) is 4.07. The van der Waals surface area contributed by atoms with Gasteiger partial charge < -0.3 is 14.9 Å². The van der Waals surface area contributed by atoms with E-state index in [1.807, 2.05) is 34.6 Å². The van der Waals surface area contributed by atoms with Crippen LogP contribution in [0.3, 0.4) is 0 Å². The molecular formula is C22H40O5. The predicted octanol–water partition coefficient (Wildman–Crippen LogP) is 4.80. The van der Waals surface area contributed by atoms with E-state index in [0.717, 1.165) is 25.7 Å². The van der Waals surface area contributed by atoms with Gasteiger partial charge in [-0.3, -0.25) is 9.59 Å². The highest BCUT2D eigenvalue weighted by atomic mass is 16.6. The number of aliphatic carboxylic acids is 1. The Labute approximate surface area is 164 Å². The van der Waals surface area contributed by atoms with Crippen LogP contribution in [0, 0.1) is 22.7 Å². The summed E-state index contributed by atoms with van der Waals surface area (Å²) in [6.45, 7) is 13.1. The van der Waals surface area contributed by atoms with Crippen molar-refractivity contribution < 1.29 is 24.5 Å². The summed E-state index contributed by atoms with van der Waals surface area (Å²) in [4.78, 5) is 24.6. The third kappa shape index (κ3) is 7.10. The molecule has 0 bridgehead atoms. The second kappa shape index (κ2) is 8.93. The van der Waals surface area contributed by atoms with E-state index in [1.165, 1.54) is 0 Å². The van der Waals surface area contributed by atoms with Crippen molar-refractivity contribution in [2.45, 2.75) is 105 Å². The molecule has 1 aliphatic carbocycles. The number of esters is 1. The summed E-state index contributed by atoms with van der Waals surface area (Å²) in [5.74, 6) is -0.563. The molecule has 1 rings (SSSR count). The Morgan fingerprint density at radius 2 is 1.52 bits per heavy atom. The second-order valence-electron chi connectivity index (χ2n) is 10.3. The van der Waals surface area contributed by atoms with Crippen LogP contribution in [-0.4, -0.2) is 33.9 Å². The lowest BCUT2D eigenvalue weighted by atomic mass is 9.66. The van der Waals surface area contributed by atoms with Crippen LogP contribution in [0.5, 0.6) is 0 Å². The first-order valence-corrected chi connectivity index (χ1v) is 10.3. The minimum absolute atomic E-state index is 0.112. The largest absolute Gasteiger partial charge is 0.481 e. The summed E-state index contributed by atoms with van der Waals surface area (Å²) in [6, 6.07) is 0.